The average Bonchev–Trinajstić information content (AvgIpc) is 3.20. The highest BCUT2D eigenvalue weighted by atomic mass is 35.5. The van der Waals surface area contributed by atoms with Crippen LogP contribution in [0.3, 0.4) is 0 Å². The normalized spacial score (nSPS) is 23.7. The summed E-state index contributed by atoms with van der Waals surface area (Å²) in [6.07, 6.45) is 3.93. The van der Waals surface area contributed by atoms with Gasteiger partial charge in [0.2, 0.25) is 0 Å². The number of halogens is 1. The molecule has 9 heteroatoms. The molecule has 26 heavy (non-hydrogen) atoms. The molecule has 2 atom stereocenters. The Labute approximate surface area is 158 Å². The zero-order valence-corrected chi connectivity index (χ0v) is 15.7. The summed E-state index contributed by atoms with van der Waals surface area (Å²) in [6.45, 7) is 1.86. The van der Waals surface area contributed by atoms with Crippen LogP contribution in [0.4, 0.5) is 0 Å². The van der Waals surface area contributed by atoms with Gasteiger partial charge in [-0.2, -0.15) is 5.10 Å². The second-order valence-corrected chi connectivity index (χ2v) is 8.53. The van der Waals surface area contributed by atoms with Gasteiger partial charge in [0.25, 0.3) is 5.91 Å². The lowest BCUT2D eigenvalue weighted by Gasteiger charge is -2.22. The van der Waals surface area contributed by atoms with Crippen LogP contribution in [0.25, 0.3) is 0 Å². The van der Waals surface area contributed by atoms with Gasteiger partial charge in [-0.05, 0) is 37.1 Å². The van der Waals surface area contributed by atoms with Crippen molar-refractivity contribution in [1.29, 1.82) is 0 Å². The van der Waals surface area contributed by atoms with Gasteiger partial charge < -0.3 is 10.6 Å². The van der Waals surface area contributed by atoms with Crippen LogP contribution in [0, 0.1) is 0 Å². The molecular formula is C17H21ClN4O3S. The van der Waals surface area contributed by atoms with Crippen LogP contribution in [0.1, 0.15) is 41.0 Å². The molecule has 0 radical (unpaired) electrons. The van der Waals surface area contributed by atoms with Gasteiger partial charge in [-0.1, -0.05) is 18.2 Å². The van der Waals surface area contributed by atoms with Crippen molar-refractivity contribution in [3.63, 3.8) is 0 Å². The maximum absolute atomic E-state index is 12.5. The Kier molecular flexibility index (Phi) is 5.36. The number of hydrogen-bond acceptors (Lipinski definition) is 5. The molecule has 2 aliphatic rings. The molecule has 2 aliphatic heterocycles. The lowest BCUT2D eigenvalue weighted by molar-refractivity contribution is 0.0934. The molecule has 1 aromatic carbocycles. The first-order valence-corrected chi connectivity index (χ1v) is 10.1. The fourth-order valence-electron chi connectivity index (χ4n) is 3.52. The monoisotopic (exact) mass is 396 g/mol. The molecule has 0 spiro atoms. The number of carbonyl (C=O) groups excluding carboxylic acids is 1. The third-order valence-corrected chi connectivity index (χ3v) is 6.62. The van der Waals surface area contributed by atoms with E-state index in [1.165, 1.54) is 0 Å². The van der Waals surface area contributed by atoms with Gasteiger partial charge in [0.15, 0.2) is 9.84 Å². The van der Waals surface area contributed by atoms with Crippen molar-refractivity contribution in [1.82, 2.24) is 20.4 Å². The zero-order valence-electron chi connectivity index (χ0n) is 14.1. The Morgan fingerprint density at radius 2 is 2.08 bits per heavy atom. The molecule has 0 saturated carbocycles. The van der Waals surface area contributed by atoms with Gasteiger partial charge in [-0.25, -0.2) is 8.42 Å². The predicted octanol–water partition coefficient (Wildman–Crippen LogP) is 1.49. The highest BCUT2D eigenvalue weighted by Gasteiger charge is 2.35. The van der Waals surface area contributed by atoms with Gasteiger partial charge in [0, 0.05) is 12.7 Å². The fourth-order valence-corrected chi connectivity index (χ4v) is 5.26. The minimum Gasteiger partial charge on any atom is -0.343 e. The summed E-state index contributed by atoms with van der Waals surface area (Å²) in [5.74, 6) is -0.454. The molecule has 2 unspecified atom stereocenters. The molecule has 1 saturated heterocycles. The van der Waals surface area contributed by atoms with E-state index in [1.807, 2.05) is 10.9 Å². The molecule has 2 aromatic rings. The van der Waals surface area contributed by atoms with Crippen molar-refractivity contribution >= 4 is 28.2 Å². The SMILES string of the molecule is Cl.O=C(NC1CS(=O)(=O)c2ccccc21)c1ccn(C2CCCNC2)n1. The average molecular weight is 397 g/mol. The van der Waals surface area contributed by atoms with Crippen LogP contribution in [0.5, 0.6) is 0 Å². The number of fused-ring (bicyclic) bond motifs is 1. The van der Waals surface area contributed by atoms with Crippen LogP contribution in [0.2, 0.25) is 0 Å². The third-order valence-electron chi connectivity index (χ3n) is 4.81. The van der Waals surface area contributed by atoms with E-state index in [2.05, 4.69) is 15.7 Å². The summed E-state index contributed by atoms with van der Waals surface area (Å²) < 4.78 is 26.2. The van der Waals surface area contributed by atoms with E-state index in [4.69, 9.17) is 0 Å². The number of rotatable bonds is 3. The summed E-state index contributed by atoms with van der Waals surface area (Å²) in [4.78, 5) is 12.8. The number of nitrogens with zero attached hydrogens (tertiary/aromatic N) is 2. The molecule has 1 fully saturated rings. The second-order valence-electron chi connectivity index (χ2n) is 6.53. The molecule has 140 valence electrons. The Morgan fingerprint density at radius 1 is 1.27 bits per heavy atom. The Bertz CT molecular complexity index is 906. The van der Waals surface area contributed by atoms with E-state index < -0.39 is 15.9 Å². The third kappa shape index (κ3) is 3.49. The van der Waals surface area contributed by atoms with Crippen molar-refractivity contribution in [2.24, 2.45) is 0 Å². The van der Waals surface area contributed by atoms with Crippen molar-refractivity contribution in [3.8, 4) is 0 Å². The number of piperidine rings is 1. The summed E-state index contributed by atoms with van der Waals surface area (Å²) in [6, 6.07) is 8.21. The van der Waals surface area contributed by atoms with Crippen LogP contribution in [-0.4, -0.2) is 42.9 Å². The largest absolute Gasteiger partial charge is 0.343 e. The quantitative estimate of drug-likeness (QED) is 0.819. The van der Waals surface area contributed by atoms with E-state index >= 15 is 0 Å². The first-order valence-electron chi connectivity index (χ1n) is 8.43. The number of hydrogen-bond donors (Lipinski definition) is 2. The number of amides is 1. The van der Waals surface area contributed by atoms with Gasteiger partial charge in [-0.3, -0.25) is 9.48 Å². The van der Waals surface area contributed by atoms with Crippen molar-refractivity contribution in [3.05, 3.63) is 47.8 Å². The van der Waals surface area contributed by atoms with Crippen molar-refractivity contribution in [2.45, 2.75) is 29.8 Å². The smallest absolute Gasteiger partial charge is 0.272 e. The molecule has 1 amide bonds. The topological polar surface area (TPSA) is 93.1 Å². The number of aromatic nitrogens is 2. The number of carbonyl (C=O) groups is 1. The van der Waals surface area contributed by atoms with E-state index in [1.54, 1.807) is 30.3 Å². The number of sulfone groups is 1. The molecule has 0 bridgehead atoms. The lowest BCUT2D eigenvalue weighted by atomic mass is 10.1. The standard InChI is InChI=1S/C17H20N4O3S.ClH/c22-17(14-7-9-21(20-14)12-4-3-8-18-10-12)19-15-11-25(23,24)16-6-2-1-5-13(15)16;/h1-2,5-7,9,12,15,18H,3-4,8,10-11H2,(H,19,22);1H. The molecule has 1 aromatic heterocycles. The minimum atomic E-state index is -3.34. The van der Waals surface area contributed by atoms with Gasteiger partial charge in [0.05, 0.1) is 22.7 Å². The van der Waals surface area contributed by atoms with Crippen molar-refractivity contribution < 1.29 is 13.2 Å². The molecule has 4 rings (SSSR count). The minimum absolute atomic E-state index is 0. The molecular weight excluding hydrogens is 376 g/mol. The van der Waals surface area contributed by atoms with E-state index in [0.29, 0.717) is 16.2 Å². The molecule has 7 nitrogen and oxygen atoms in total. The summed E-state index contributed by atoms with van der Waals surface area (Å²) in [7, 11) is -3.34. The number of benzene rings is 1. The van der Waals surface area contributed by atoms with Crippen molar-refractivity contribution in [2.75, 3.05) is 18.8 Å². The zero-order chi connectivity index (χ0) is 17.4. The van der Waals surface area contributed by atoms with Gasteiger partial charge in [0.1, 0.15) is 5.69 Å². The van der Waals surface area contributed by atoms with Crippen LogP contribution >= 0.6 is 12.4 Å². The summed E-state index contributed by atoms with van der Waals surface area (Å²) >= 11 is 0. The molecule has 2 N–H and O–H groups in total. The highest BCUT2D eigenvalue weighted by Crippen LogP contribution is 2.33. The predicted molar refractivity (Wildman–Crippen MR) is 99.3 cm³/mol. The maximum Gasteiger partial charge on any atom is 0.272 e. The Balaban J connectivity index is 0.00000196. The maximum atomic E-state index is 12.5. The lowest BCUT2D eigenvalue weighted by Crippen LogP contribution is -2.32. The highest BCUT2D eigenvalue weighted by molar-refractivity contribution is 7.91. The Morgan fingerprint density at radius 3 is 2.85 bits per heavy atom. The van der Waals surface area contributed by atoms with E-state index in [-0.39, 0.29) is 30.1 Å². The molecule has 0 aliphatic carbocycles. The Hall–Kier alpha value is -1.90. The second kappa shape index (κ2) is 7.38. The van der Waals surface area contributed by atoms with Gasteiger partial charge in [-0.15, -0.1) is 12.4 Å². The van der Waals surface area contributed by atoms with Crippen LogP contribution in [-0.2, 0) is 9.84 Å². The van der Waals surface area contributed by atoms with Gasteiger partial charge >= 0.3 is 0 Å². The fraction of sp³-hybridized carbons (Fsp3) is 0.412. The van der Waals surface area contributed by atoms with Crippen LogP contribution in [0.15, 0.2) is 41.4 Å². The van der Waals surface area contributed by atoms with E-state index in [9.17, 15) is 13.2 Å². The van der Waals surface area contributed by atoms with E-state index in [0.717, 1.165) is 25.9 Å². The first kappa shape index (κ1) is 18.9. The first-order chi connectivity index (χ1) is 12.0. The summed E-state index contributed by atoms with van der Waals surface area (Å²) in [5.41, 5.74) is 0.958. The molecule has 3 heterocycles. The van der Waals surface area contributed by atoms with Crippen LogP contribution < -0.4 is 10.6 Å². The number of nitrogens with one attached hydrogen (secondary N) is 2. The summed E-state index contributed by atoms with van der Waals surface area (Å²) in [5, 5.41) is 10.5.